The van der Waals surface area contributed by atoms with Crippen molar-refractivity contribution >= 4 is 17.5 Å². The van der Waals surface area contributed by atoms with Gasteiger partial charge in [-0.15, -0.1) is 0 Å². The van der Waals surface area contributed by atoms with Crippen molar-refractivity contribution in [3.05, 3.63) is 0 Å². The Bertz CT molecular complexity index is 139. The lowest BCUT2D eigenvalue weighted by Gasteiger charge is -2.13. The van der Waals surface area contributed by atoms with Crippen LogP contribution < -0.4 is 5.73 Å². The third-order valence-electron chi connectivity index (χ3n) is 1.89. The van der Waals surface area contributed by atoms with E-state index in [2.05, 4.69) is 6.92 Å². The molecule has 0 aromatic rings. The molecule has 13 heavy (non-hydrogen) atoms. The zero-order chi connectivity index (χ0) is 10.1. The molecule has 78 valence electrons. The van der Waals surface area contributed by atoms with Crippen molar-refractivity contribution in [2.45, 2.75) is 44.8 Å². The molecule has 1 atom stereocenters. The molecule has 2 N–H and O–H groups in total. The molecule has 0 amide bonds. The molecule has 0 bridgehead atoms. The van der Waals surface area contributed by atoms with Crippen LogP contribution in [0.4, 0.5) is 0 Å². The number of rotatable bonds is 8. The number of thioether (sulfide) groups is 1. The molecule has 3 heteroatoms. The zero-order valence-corrected chi connectivity index (χ0v) is 9.53. The second-order valence-corrected chi connectivity index (χ2v) is 4.64. The molecule has 0 aromatic carbocycles. The summed E-state index contributed by atoms with van der Waals surface area (Å²) in [6, 6.07) is 0. The molecule has 0 rings (SSSR count). The van der Waals surface area contributed by atoms with Gasteiger partial charge in [0, 0.05) is 5.25 Å². The lowest BCUT2D eigenvalue weighted by molar-refractivity contribution is -0.114. The van der Waals surface area contributed by atoms with Gasteiger partial charge < -0.3 is 5.73 Å². The molecular formula is C10H21NOS. The predicted molar refractivity (Wildman–Crippen MR) is 60.1 cm³/mol. The van der Waals surface area contributed by atoms with E-state index in [-0.39, 0.29) is 5.78 Å². The molecular weight excluding hydrogens is 182 g/mol. The van der Waals surface area contributed by atoms with Gasteiger partial charge in [0.1, 0.15) is 5.78 Å². The van der Waals surface area contributed by atoms with E-state index in [0.717, 1.165) is 13.0 Å². The third kappa shape index (κ3) is 8.31. The molecule has 0 radical (unpaired) electrons. The maximum Gasteiger partial charge on any atom is 0.139 e. The smallest absolute Gasteiger partial charge is 0.139 e. The van der Waals surface area contributed by atoms with Crippen LogP contribution in [-0.2, 0) is 4.79 Å². The first-order valence-electron chi connectivity index (χ1n) is 5.01. The average molecular weight is 203 g/mol. The summed E-state index contributed by atoms with van der Waals surface area (Å²) in [6.45, 7) is 4.57. The standard InChI is InChI=1S/C10H21NOS/c1-3-4-5-10(6-7-11)13-8-9(2)12/h10H,3-8,11H2,1-2H3. The van der Waals surface area contributed by atoms with E-state index in [1.54, 1.807) is 18.7 Å². The molecule has 1 unspecified atom stereocenters. The lowest BCUT2D eigenvalue weighted by atomic mass is 10.1. The van der Waals surface area contributed by atoms with Gasteiger partial charge in [-0.1, -0.05) is 19.8 Å². The summed E-state index contributed by atoms with van der Waals surface area (Å²) in [7, 11) is 0. The van der Waals surface area contributed by atoms with Crippen LogP contribution in [0, 0.1) is 0 Å². The predicted octanol–water partition coefficient (Wildman–Crippen LogP) is 2.22. The summed E-state index contributed by atoms with van der Waals surface area (Å²) >= 11 is 1.76. The van der Waals surface area contributed by atoms with Gasteiger partial charge in [-0.05, 0) is 26.3 Å². The van der Waals surface area contributed by atoms with Crippen molar-refractivity contribution in [1.29, 1.82) is 0 Å². The molecule has 0 heterocycles. The SMILES string of the molecule is CCCCC(CCN)SCC(C)=O. The first-order chi connectivity index (χ1) is 6.20. The zero-order valence-electron chi connectivity index (χ0n) is 8.71. The van der Waals surface area contributed by atoms with E-state index in [0.29, 0.717) is 11.0 Å². The number of unbranched alkanes of at least 4 members (excludes halogenated alkanes) is 1. The highest BCUT2D eigenvalue weighted by molar-refractivity contribution is 8.00. The van der Waals surface area contributed by atoms with Crippen molar-refractivity contribution in [3.8, 4) is 0 Å². The van der Waals surface area contributed by atoms with Crippen LogP contribution in [0.2, 0.25) is 0 Å². The minimum Gasteiger partial charge on any atom is -0.330 e. The van der Waals surface area contributed by atoms with Crippen molar-refractivity contribution in [1.82, 2.24) is 0 Å². The monoisotopic (exact) mass is 203 g/mol. The number of carbonyl (C=O) groups excluding carboxylic acids is 1. The van der Waals surface area contributed by atoms with Crippen molar-refractivity contribution < 1.29 is 4.79 Å². The molecule has 0 saturated carbocycles. The topological polar surface area (TPSA) is 43.1 Å². The summed E-state index contributed by atoms with van der Waals surface area (Å²) in [4.78, 5) is 10.8. The van der Waals surface area contributed by atoms with Crippen LogP contribution in [0.1, 0.15) is 39.5 Å². The van der Waals surface area contributed by atoms with Gasteiger partial charge in [0.15, 0.2) is 0 Å². The Labute approximate surface area is 85.6 Å². The Hall–Kier alpha value is -0.0200. The van der Waals surface area contributed by atoms with E-state index >= 15 is 0 Å². The largest absolute Gasteiger partial charge is 0.330 e. The second-order valence-electron chi connectivity index (χ2n) is 3.35. The van der Waals surface area contributed by atoms with Crippen LogP contribution in [0.3, 0.4) is 0 Å². The fraction of sp³-hybridized carbons (Fsp3) is 0.900. The summed E-state index contributed by atoms with van der Waals surface area (Å²) < 4.78 is 0. The van der Waals surface area contributed by atoms with E-state index < -0.39 is 0 Å². The maximum atomic E-state index is 10.8. The fourth-order valence-corrected chi connectivity index (χ4v) is 2.27. The maximum absolute atomic E-state index is 10.8. The van der Waals surface area contributed by atoms with Crippen LogP contribution in [-0.4, -0.2) is 23.3 Å². The van der Waals surface area contributed by atoms with E-state index in [4.69, 9.17) is 5.73 Å². The summed E-state index contributed by atoms with van der Waals surface area (Å²) in [5.41, 5.74) is 5.51. The minimum atomic E-state index is 0.267. The summed E-state index contributed by atoms with van der Waals surface area (Å²) in [6.07, 6.45) is 4.71. The highest BCUT2D eigenvalue weighted by atomic mass is 32.2. The molecule has 0 aromatic heterocycles. The Balaban J connectivity index is 3.59. The number of ketones is 1. The molecule has 2 nitrogen and oxygen atoms in total. The molecule has 0 spiro atoms. The number of nitrogens with two attached hydrogens (primary N) is 1. The number of carbonyl (C=O) groups is 1. The van der Waals surface area contributed by atoms with E-state index in [1.165, 1.54) is 19.3 Å². The van der Waals surface area contributed by atoms with E-state index in [9.17, 15) is 4.79 Å². The first-order valence-corrected chi connectivity index (χ1v) is 6.06. The van der Waals surface area contributed by atoms with Crippen LogP contribution >= 0.6 is 11.8 Å². The number of Topliss-reactive ketones (excluding diaryl/α,β-unsaturated/α-hetero) is 1. The molecule has 0 aliphatic carbocycles. The fourth-order valence-electron chi connectivity index (χ4n) is 1.16. The Morgan fingerprint density at radius 3 is 2.62 bits per heavy atom. The van der Waals surface area contributed by atoms with E-state index in [1.807, 2.05) is 0 Å². The molecule has 0 aliphatic heterocycles. The van der Waals surface area contributed by atoms with Gasteiger partial charge in [-0.3, -0.25) is 4.79 Å². The number of hydrogen-bond acceptors (Lipinski definition) is 3. The number of hydrogen-bond donors (Lipinski definition) is 1. The van der Waals surface area contributed by atoms with Crippen molar-refractivity contribution in [2.24, 2.45) is 5.73 Å². The van der Waals surface area contributed by atoms with Crippen LogP contribution in [0.15, 0.2) is 0 Å². The van der Waals surface area contributed by atoms with Crippen LogP contribution in [0.25, 0.3) is 0 Å². The molecule has 0 aliphatic rings. The highest BCUT2D eigenvalue weighted by Crippen LogP contribution is 2.20. The third-order valence-corrected chi connectivity index (χ3v) is 3.41. The second kappa shape index (κ2) is 8.57. The average Bonchev–Trinajstić information content (AvgIpc) is 2.09. The molecule has 0 saturated heterocycles. The quantitative estimate of drug-likeness (QED) is 0.658. The summed E-state index contributed by atoms with van der Waals surface area (Å²) in [5, 5.41) is 0.592. The van der Waals surface area contributed by atoms with Gasteiger partial charge in [0.2, 0.25) is 0 Å². The van der Waals surface area contributed by atoms with Crippen LogP contribution in [0.5, 0.6) is 0 Å². The normalized spacial score (nSPS) is 12.8. The van der Waals surface area contributed by atoms with Crippen molar-refractivity contribution in [2.75, 3.05) is 12.3 Å². The van der Waals surface area contributed by atoms with Gasteiger partial charge in [-0.25, -0.2) is 0 Å². The Kier molecular flexibility index (Phi) is 8.56. The van der Waals surface area contributed by atoms with Gasteiger partial charge >= 0.3 is 0 Å². The minimum absolute atomic E-state index is 0.267. The van der Waals surface area contributed by atoms with Gasteiger partial charge in [-0.2, -0.15) is 11.8 Å². The van der Waals surface area contributed by atoms with Gasteiger partial charge in [0.25, 0.3) is 0 Å². The molecule has 0 fully saturated rings. The highest BCUT2D eigenvalue weighted by Gasteiger charge is 2.08. The summed E-state index contributed by atoms with van der Waals surface area (Å²) in [5.74, 6) is 0.914. The first kappa shape index (κ1) is 13.0. The van der Waals surface area contributed by atoms with Gasteiger partial charge in [0.05, 0.1) is 5.75 Å². The van der Waals surface area contributed by atoms with Crippen molar-refractivity contribution in [3.63, 3.8) is 0 Å². The Morgan fingerprint density at radius 1 is 1.46 bits per heavy atom. The Morgan fingerprint density at radius 2 is 2.15 bits per heavy atom. The lowest BCUT2D eigenvalue weighted by Crippen LogP contribution is -2.12.